The minimum atomic E-state index is -1.82. The second-order valence-corrected chi connectivity index (χ2v) is 0.927. The van der Waals surface area contributed by atoms with E-state index >= 15 is 0 Å². The van der Waals surface area contributed by atoms with E-state index in [0.717, 1.165) is 0 Å². The minimum absolute atomic E-state index is 0. The van der Waals surface area contributed by atoms with Gasteiger partial charge in [-0.15, -0.1) is 0 Å². The Hall–Kier alpha value is -0.140. The van der Waals surface area contributed by atoms with Gasteiger partial charge in [0, 0.05) is 6.61 Å². The van der Waals surface area contributed by atoms with Gasteiger partial charge >= 0.3 is 41.5 Å². The summed E-state index contributed by atoms with van der Waals surface area (Å²) in [5.74, 6) is -3.65. The van der Waals surface area contributed by atoms with Crippen molar-refractivity contribution in [2.24, 2.45) is 0 Å². The Morgan fingerprint density at radius 2 is 1.27 bits per heavy atom. The van der Waals surface area contributed by atoms with Crippen molar-refractivity contribution in [1.82, 2.24) is 0 Å². The third-order valence-electron chi connectivity index (χ3n) is 0.183. The fourth-order valence-corrected chi connectivity index (χ4v) is 0. The van der Waals surface area contributed by atoms with E-state index in [0.29, 0.717) is 0 Å². The second-order valence-electron chi connectivity index (χ2n) is 0.927. The summed E-state index contributed by atoms with van der Waals surface area (Å²) in [6.45, 7) is 1.93. The van der Waals surface area contributed by atoms with Crippen molar-refractivity contribution in [2.75, 3.05) is 6.61 Å². The van der Waals surface area contributed by atoms with Gasteiger partial charge in [-0.2, -0.15) is 0 Å². The van der Waals surface area contributed by atoms with Gasteiger partial charge in [0.15, 0.2) is 0 Å². The average molecular weight is 176 g/mol. The Morgan fingerprint density at radius 1 is 1.18 bits per heavy atom. The topological polar surface area (TPSA) is 125 Å². The van der Waals surface area contributed by atoms with Crippen LogP contribution in [0.15, 0.2) is 0 Å². The van der Waals surface area contributed by atoms with Crippen LogP contribution < -0.4 is 29.6 Å². The van der Waals surface area contributed by atoms with E-state index in [1.54, 1.807) is 6.92 Å². The van der Waals surface area contributed by atoms with Crippen LogP contribution in [0, 0.1) is 0 Å². The first-order valence-corrected chi connectivity index (χ1v) is 2.13. The molecule has 0 saturated carbocycles. The molecular formula is C4H9NaO6. The van der Waals surface area contributed by atoms with Gasteiger partial charge in [0.2, 0.25) is 0 Å². The summed E-state index contributed by atoms with van der Waals surface area (Å²) in [6, 6.07) is 0. The molecule has 0 aliphatic rings. The van der Waals surface area contributed by atoms with Gasteiger partial charge in [-0.05, 0) is 6.92 Å². The largest absolute Gasteiger partial charge is 1.00 e. The van der Waals surface area contributed by atoms with E-state index in [1.807, 2.05) is 0 Å². The molecule has 6 nitrogen and oxygen atoms in total. The molecule has 62 valence electrons. The Labute approximate surface area is 85.4 Å². The number of aliphatic hydroxyl groups is 1. The van der Waals surface area contributed by atoms with Crippen molar-refractivity contribution in [1.29, 1.82) is 0 Å². The van der Waals surface area contributed by atoms with Crippen molar-refractivity contribution in [3.8, 4) is 0 Å². The number of aliphatic hydroxyl groups excluding tert-OH is 1. The van der Waals surface area contributed by atoms with E-state index in [2.05, 4.69) is 0 Å². The Balaban J connectivity index is -0.0000000437. The third-order valence-corrected chi connectivity index (χ3v) is 0.183. The Morgan fingerprint density at radius 3 is 1.27 bits per heavy atom. The summed E-state index contributed by atoms with van der Waals surface area (Å²) in [5, 5.41) is 22.4. The number of rotatable bonds is 0. The van der Waals surface area contributed by atoms with E-state index in [1.165, 1.54) is 0 Å². The van der Waals surface area contributed by atoms with E-state index < -0.39 is 11.9 Å². The van der Waals surface area contributed by atoms with Gasteiger partial charge < -0.3 is 20.8 Å². The van der Waals surface area contributed by atoms with E-state index in [-0.39, 0.29) is 41.6 Å². The molecule has 0 aromatic carbocycles. The zero-order valence-corrected chi connectivity index (χ0v) is 8.31. The van der Waals surface area contributed by atoms with E-state index in [9.17, 15) is 0 Å². The van der Waals surface area contributed by atoms with Crippen LogP contribution in [0.4, 0.5) is 0 Å². The third kappa shape index (κ3) is 40.9. The van der Waals surface area contributed by atoms with Crippen LogP contribution in [0.3, 0.4) is 0 Å². The molecule has 0 spiro atoms. The van der Waals surface area contributed by atoms with Crippen LogP contribution >= 0.6 is 0 Å². The predicted octanol–water partition coefficient (Wildman–Crippen LogP) is -4.02. The smallest absolute Gasteiger partial charge is 0.870 e. The molecule has 4 N–H and O–H groups in total. The predicted molar refractivity (Wildman–Crippen MR) is 30.0 cm³/mol. The SMILES string of the molecule is CCO.O=C(O)C(=O)O.[Na+].[OH-]. The molecule has 0 aliphatic heterocycles. The molecule has 0 atom stereocenters. The first-order chi connectivity index (χ1) is 4.06. The Bertz CT molecular complexity index is 90.8. The molecule has 0 unspecified atom stereocenters. The maximum Gasteiger partial charge on any atom is 1.00 e. The van der Waals surface area contributed by atoms with Crippen molar-refractivity contribution in [3.05, 3.63) is 0 Å². The molecule has 0 aliphatic carbocycles. The second kappa shape index (κ2) is 16.4. The number of hydrogen-bond donors (Lipinski definition) is 3. The van der Waals surface area contributed by atoms with Crippen LogP contribution in [0.2, 0.25) is 0 Å². The Kier molecular flexibility index (Phi) is 33.5. The monoisotopic (exact) mass is 176 g/mol. The number of hydrogen-bond acceptors (Lipinski definition) is 4. The van der Waals surface area contributed by atoms with E-state index in [4.69, 9.17) is 24.9 Å². The summed E-state index contributed by atoms with van der Waals surface area (Å²) in [5.41, 5.74) is 0. The summed E-state index contributed by atoms with van der Waals surface area (Å²) in [6.07, 6.45) is 0. The maximum atomic E-state index is 9.10. The van der Waals surface area contributed by atoms with Crippen molar-refractivity contribution in [2.45, 2.75) is 6.92 Å². The first-order valence-electron chi connectivity index (χ1n) is 2.13. The summed E-state index contributed by atoms with van der Waals surface area (Å²) in [4.78, 5) is 18.2. The fraction of sp³-hybridized carbons (Fsp3) is 0.500. The van der Waals surface area contributed by atoms with Crippen LogP contribution in [0.1, 0.15) is 6.92 Å². The van der Waals surface area contributed by atoms with Crippen LogP contribution in [0.5, 0.6) is 0 Å². The van der Waals surface area contributed by atoms with Crippen molar-refractivity contribution < 1.29 is 59.9 Å². The standard InChI is InChI=1S/C2H2O4.C2H6O.Na.H2O/c3-1(4)2(5)6;1-2-3;;/h(H,3,4)(H,5,6);3H,2H2,1H3;;1H2/q;;+1;/p-1. The molecule has 0 aromatic rings. The molecular weight excluding hydrogens is 167 g/mol. The van der Waals surface area contributed by atoms with Crippen molar-refractivity contribution in [3.63, 3.8) is 0 Å². The molecule has 0 aromatic heterocycles. The molecule has 11 heavy (non-hydrogen) atoms. The van der Waals surface area contributed by atoms with Gasteiger partial charge in [-0.3, -0.25) is 0 Å². The molecule has 0 radical (unpaired) electrons. The maximum absolute atomic E-state index is 9.10. The number of carbonyl (C=O) groups is 2. The molecule has 0 amide bonds. The molecule has 0 fully saturated rings. The molecule has 0 heterocycles. The first kappa shape index (κ1) is 22.4. The molecule has 0 bridgehead atoms. The average Bonchev–Trinajstić information content (AvgIpc) is 1.68. The van der Waals surface area contributed by atoms with Gasteiger partial charge in [-0.1, -0.05) is 0 Å². The number of carboxylic acids is 2. The quantitative estimate of drug-likeness (QED) is 0.255. The zero-order chi connectivity index (χ0) is 7.86. The number of aliphatic carboxylic acids is 2. The summed E-state index contributed by atoms with van der Waals surface area (Å²) < 4.78 is 0. The molecule has 0 saturated heterocycles. The summed E-state index contributed by atoms with van der Waals surface area (Å²) in [7, 11) is 0. The normalized spacial score (nSPS) is 5.64. The van der Waals surface area contributed by atoms with Gasteiger partial charge in [-0.25, -0.2) is 9.59 Å². The van der Waals surface area contributed by atoms with Gasteiger partial charge in [0.05, 0.1) is 0 Å². The minimum Gasteiger partial charge on any atom is -0.870 e. The van der Waals surface area contributed by atoms with Crippen LogP contribution in [-0.4, -0.2) is 39.3 Å². The van der Waals surface area contributed by atoms with Gasteiger partial charge in [0.25, 0.3) is 0 Å². The van der Waals surface area contributed by atoms with Crippen LogP contribution in [-0.2, 0) is 9.59 Å². The van der Waals surface area contributed by atoms with Crippen LogP contribution in [0.25, 0.3) is 0 Å². The molecule has 7 heteroatoms. The molecule has 0 rings (SSSR count). The number of carboxylic acid groups (broad SMARTS) is 2. The van der Waals surface area contributed by atoms with Crippen molar-refractivity contribution >= 4 is 11.9 Å². The fourth-order valence-electron chi connectivity index (χ4n) is 0. The summed E-state index contributed by atoms with van der Waals surface area (Å²) >= 11 is 0. The van der Waals surface area contributed by atoms with Gasteiger partial charge in [0.1, 0.15) is 0 Å². The zero-order valence-electron chi connectivity index (χ0n) is 6.31.